The Kier molecular flexibility index (Phi) is 11.7. The predicted molar refractivity (Wildman–Crippen MR) is 96.0 cm³/mol. The van der Waals surface area contributed by atoms with E-state index in [2.05, 4.69) is 28.9 Å². The van der Waals surface area contributed by atoms with E-state index < -0.39 is 0 Å². The van der Waals surface area contributed by atoms with E-state index in [1.165, 1.54) is 70.6 Å². The molecule has 0 aliphatic rings. The van der Waals surface area contributed by atoms with Gasteiger partial charge in [-0.05, 0) is 19.1 Å². The van der Waals surface area contributed by atoms with Crippen LogP contribution in [0.3, 0.4) is 0 Å². The van der Waals surface area contributed by atoms with Crippen LogP contribution in [-0.4, -0.2) is 21.1 Å². The first-order chi connectivity index (χ1) is 10.4. The lowest BCUT2D eigenvalue weighted by Gasteiger charge is -2.14. The molecule has 0 N–H and O–H groups in total. The Bertz CT molecular complexity index is 311. The molecule has 0 saturated carbocycles. The van der Waals surface area contributed by atoms with Gasteiger partial charge >= 0.3 is 0 Å². The highest BCUT2D eigenvalue weighted by molar-refractivity contribution is 7.99. The van der Waals surface area contributed by atoms with E-state index >= 15 is 0 Å². The number of nitrogens with zero attached hydrogens (tertiary/aromatic N) is 2. The summed E-state index contributed by atoms with van der Waals surface area (Å²) in [5.41, 5.74) is 0. The van der Waals surface area contributed by atoms with Crippen LogP contribution in [-0.2, 0) is 6.54 Å². The van der Waals surface area contributed by atoms with Gasteiger partial charge < -0.3 is 4.57 Å². The fourth-order valence-electron chi connectivity index (χ4n) is 2.77. The zero-order valence-electron chi connectivity index (χ0n) is 14.1. The van der Waals surface area contributed by atoms with Crippen LogP contribution >= 0.6 is 11.8 Å². The summed E-state index contributed by atoms with van der Waals surface area (Å²) >= 11 is 2.04. The normalized spacial score (nSPS) is 12.7. The Labute approximate surface area is 136 Å². The summed E-state index contributed by atoms with van der Waals surface area (Å²) < 4.78 is 2.19. The van der Waals surface area contributed by atoms with Crippen molar-refractivity contribution in [2.24, 2.45) is 0 Å². The van der Waals surface area contributed by atoms with Crippen LogP contribution in [0.25, 0.3) is 0 Å². The van der Waals surface area contributed by atoms with Gasteiger partial charge in [0.1, 0.15) is 0 Å². The van der Waals surface area contributed by atoms with Crippen LogP contribution in [0.15, 0.2) is 18.7 Å². The maximum atomic E-state index is 4.10. The Morgan fingerprint density at radius 3 is 2.19 bits per heavy atom. The number of imidazole rings is 1. The molecule has 0 aliphatic heterocycles. The van der Waals surface area contributed by atoms with E-state index in [9.17, 15) is 0 Å². The van der Waals surface area contributed by atoms with Gasteiger partial charge in [-0.3, -0.25) is 0 Å². The molecule has 0 saturated heterocycles. The SMILES string of the molecule is CCCCCCCCCCCC(CCn1ccnc1)SC. The van der Waals surface area contributed by atoms with Crippen LogP contribution in [0.4, 0.5) is 0 Å². The highest BCUT2D eigenvalue weighted by Crippen LogP contribution is 2.20. The number of thioether (sulfide) groups is 1. The van der Waals surface area contributed by atoms with E-state index in [0.29, 0.717) is 0 Å². The van der Waals surface area contributed by atoms with E-state index in [4.69, 9.17) is 0 Å². The largest absolute Gasteiger partial charge is 0.337 e. The molecule has 1 rings (SSSR count). The van der Waals surface area contributed by atoms with Gasteiger partial charge in [0.15, 0.2) is 0 Å². The number of hydrogen-bond acceptors (Lipinski definition) is 2. The molecule has 1 aromatic heterocycles. The van der Waals surface area contributed by atoms with Crippen molar-refractivity contribution in [3.63, 3.8) is 0 Å². The molecule has 3 heteroatoms. The predicted octanol–water partition coefficient (Wildman–Crippen LogP) is 5.93. The summed E-state index contributed by atoms with van der Waals surface area (Å²) in [5, 5.41) is 0.817. The Balaban J connectivity index is 1.92. The lowest BCUT2D eigenvalue weighted by Crippen LogP contribution is -2.07. The summed E-state index contributed by atoms with van der Waals surface area (Å²) in [5.74, 6) is 0. The standard InChI is InChI=1S/C18H34N2S/c1-3-4-5-6-7-8-9-10-11-12-18(21-2)13-15-20-16-14-19-17-20/h14,16-18H,3-13,15H2,1-2H3. The average molecular weight is 311 g/mol. The van der Waals surface area contributed by atoms with Crippen LogP contribution in [0.1, 0.15) is 77.6 Å². The lowest BCUT2D eigenvalue weighted by molar-refractivity contribution is 0.535. The first kappa shape index (κ1) is 18.6. The van der Waals surface area contributed by atoms with Gasteiger partial charge in [0.25, 0.3) is 0 Å². The fourth-order valence-corrected chi connectivity index (χ4v) is 3.52. The van der Waals surface area contributed by atoms with Crippen molar-refractivity contribution in [3.05, 3.63) is 18.7 Å². The third-order valence-corrected chi connectivity index (χ3v) is 5.37. The Hall–Kier alpha value is -0.440. The maximum Gasteiger partial charge on any atom is 0.0945 e. The van der Waals surface area contributed by atoms with Crippen LogP contribution < -0.4 is 0 Å². The molecular formula is C18H34N2S. The van der Waals surface area contributed by atoms with Gasteiger partial charge in [-0.2, -0.15) is 11.8 Å². The quantitative estimate of drug-likeness (QED) is 0.397. The summed E-state index contributed by atoms with van der Waals surface area (Å²) in [7, 11) is 0. The highest BCUT2D eigenvalue weighted by atomic mass is 32.2. The van der Waals surface area contributed by atoms with Gasteiger partial charge in [-0.15, -0.1) is 0 Å². The summed E-state index contributed by atoms with van der Waals surface area (Å²) in [4.78, 5) is 4.10. The molecule has 2 nitrogen and oxygen atoms in total. The molecule has 0 amide bonds. The topological polar surface area (TPSA) is 17.8 Å². The number of hydrogen-bond donors (Lipinski definition) is 0. The minimum absolute atomic E-state index is 0.817. The molecule has 1 atom stereocenters. The molecule has 1 aromatic rings. The average Bonchev–Trinajstić information content (AvgIpc) is 3.02. The molecule has 1 unspecified atom stereocenters. The molecule has 0 spiro atoms. The number of unbranched alkanes of at least 4 members (excludes halogenated alkanes) is 8. The maximum absolute atomic E-state index is 4.10. The monoisotopic (exact) mass is 310 g/mol. The van der Waals surface area contributed by atoms with Crippen molar-refractivity contribution >= 4 is 11.8 Å². The van der Waals surface area contributed by atoms with Crippen LogP contribution in [0, 0.1) is 0 Å². The molecule has 0 radical (unpaired) electrons. The molecule has 0 fully saturated rings. The zero-order chi connectivity index (χ0) is 15.2. The molecular weight excluding hydrogens is 276 g/mol. The van der Waals surface area contributed by atoms with E-state index in [0.717, 1.165) is 11.8 Å². The van der Waals surface area contributed by atoms with Gasteiger partial charge in [0.05, 0.1) is 6.33 Å². The van der Waals surface area contributed by atoms with Gasteiger partial charge in [-0.25, -0.2) is 4.98 Å². The summed E-state index contributed by atoms with van der Waals surface area (Å²) in [6.07, 6.45) is 23.6. The minimum atomic E-state index is 0.817. The van der Waals surface area contributed by atoms with Crippen molar-refractivity contribution in [3.8, 4) is 0 Å². The van der Waals surface area contributed by atoms with Crippen molar-refractivity contribution in [2.75, 3.05) is 6.26 Å². The van der Waals surface area contributed by atoms with Crippen LogP contribution in [0.5, 0.6) is 0 Å². The second-order valence-corrected chi connectivity index (χ2v) is 7.20. The van der Waals surface area contributed by atoms with Gasteiger partial charge in [0, 0.05) is 24.2 Å². The Morgan fingerprint density at radius 1 is 0.952 bits per heavy atom. The van der Waals surface area contributed by atoms with Crippen LogP contribution in [0.2, 0.25) is 0 Å². The third kappa shape index (κ3) is 10.00. The van der Waals surface area contributed by atoms with E-state index in [1.54, 1.807) is 0 Å². The van der Waals surface area contributed by atoms with Crippen molar-refractivity contribution < 1.29 is 0 Å². The third-order valence-electron chi connectivity index (χ3n) is 4.23. The minimum Gasteiger partial charge on any atom is -0.337 e. The first-order valence-electron chi connectivity index (χ1n) is 8.85. The molecule has 0 aliphatic carbocycles. The van der Waals surface area contributed by atoms with E-state index in [1.807, 2.05) is 24.3 Å². The summed E-state index contributed by atoms with van der Waals surface area (Å²) in [6.45, 7) is 3.40. The molecule has 0 aromatic carbocycles. The molecule has 21 heavy (non-hydrogen) atoms. The number of aryl methyl sites for hydroxylation is 1. The fraction of sp³-hybridized carbons (Fsp3) is 0.833. The number of aromatic nitrogens is 2. The second-order valence-electron chi connectivity index (χ2n) is 6.06. The second kappa shape index (κ2) is 13.2. The smallest absolute Gasteiger partial charge is 0.0945 e. The molecule has 122 valence electrons. The van der Waals surface area contributed by atoms with E-state index in [-0.39, 0.29) is 0 Å². The van der Waals surface area contributed by atoms with Gasteiger partial charge in [-0.1, -0.05) is 64.7 Å². The van der Waals surface area contributed by atoms with Crippen molar-refractivity contribution in [2.45, 2.75) is 89.3 Å². The Morgan fingerprint density at radius 2 is 1.62 bits per heavy atom. The first-order valence-corrected chi connectivity index (χ1v) is 10.1. The lowest BCUT2D eigenvalue weighted by atomic mass is 10.1. The molecule has 0 bridgehead atoms. The van der Waals surface area contributed by atoms with Crippen molar-refractivity contribution in [1.29, 1.82) is 0 Å². The highest BCUT2D eigenvalue weighted by Gasteiger charge is 2.06. The zero-order valence-corrected chi connectivity index (χ0v) is 14.9. The summed E-state index contributed by atoms with van der Waals surface area (Å²) in [6, 6.07) is 0. The molecule has 1 heterocycles. The van der Waals surface area contributed by atoms with Gasteiger partial charge in [0.2, 0.25) is 0 Å². The van der Waals surface area contributed by atoms with Crippen molar-refractivity contribution in [1.82, 2.24) is 9.55 Å². The number of rotatable bonds is 14.